The number of ether oxygens (including phenoxy) is 1. The van der Waals surface area contributed by atoms with E-state index in [0.717, 1.165) is 11.1 Å². The number of rotatable bonds is 2. The normalized spacial score (nSPS) is 10.3. The average Bonchev–Trinajstić information content (AvgIpc) is 2.63. The lowest BCUT2D eigenvalue weighted by molar-refractivity contribution is 0.0916. The molecule has 0 bridgehead atoms. The Morgan fingerprint density at radius 1 is 0.962 bits per heavy atom. The molecule has 2 N–H and O–H groups in total. The van der Waals surface area contributed by atoms with Crippen molar-refractivity contribution < 1.29 is 14.3 Å². The summed E-state index contributed by atoms with van der Waals surface area (Å²) in [5, 5.41) is 0. The number of hydrazine groups is 1. The molecule has 0 radical (unpaired) electrons. The van der Waals surface area contributed by atoms with E-state index in [1.807, 2.05) is 42.5 Å². The summed E-state index contributed by atoms with van der Waals surface area (Å²) in [7, 11) is 0. The van der Waals surface area contributed by atoms with Gasteiger partial charge >= 0.3 is 6.09 Å². The molecular formula is C21H22N2O3. The summed E-state index contributed by atoms with van der Waals surface area (Å²) in [6, 6.07) is 16.6. The third kappa shape index (κ3) is 5.99. The van der Waals surface area contributed by atoms with Gasteiger partial charge < -0.3 is 4.74 Å². The van der Waals surface area contributed by atoms with Gasteiger partial charge in [-0.25, -0.2) is 10.2 Å². The van der Waals surface area contributed by atoms with Crippen molar-refractivity contribution in [3.8, 4) is 11.8 Å². The van der Waals surface area contributed by atoms with Gasteiger partial charge in [0.2, 0.25) is 0 Å². The SMILES string of the molecule is CC(C)(C)c1ccc(C(=O)NNC(=O)OCC#Cc2ccccc2)cc1. The Kier molecular flexibility index (Phi) is 6.40. The monoisotopic (exact) mass is 350 g/mol. The van der Waals surface area contributed by atoms with Crippen LogP contribution in [-0.2, 0) is 10.2 Å². The van der Waals surface area contributed by atoms with Crippen LogP contribution in [0, 0.1) is 11.8 Å². The van der Waals surface area contributed by atoms with Gasteiger partial charge in [-0.1, -0.05) is 62.9 Å². The molecule has 0 aliphatic rings. The summed E-state index contributed by atoms with van der Waals surface area (Å²) in [6.45, 7) is 6.22. The molecule has 0 saturated heterocycles. The van der Waals surface area contributed by atoms with Crippen LogP contribution in [0.2, 0.25) is 0 Å². The van der Waals surface area contributed by atoms with E-state index in [0.29, 0.717) is 5.56 Å². The highest BCUT2D eigenvalue weighted by Crippen LogP contribution is 2.22. The Bertz CT molecular complexity index is 810. The maximum Gasteiger partial charge on any atom is 0.427 e. The molecule has 2 amide bonds. The van der Waals surface area contributed by atoms with E-state index < -0.39 is 12.0 Å². The Hall–Kier alpha value is -3.26. The van der Waals surface area contributed by atoms with Gasteiger partial charge in [0.15, 0.2) is 6.61 Å². The third-order valence-corrected chi connectivity index (χ3v) is 3.57. The molecule has 0 aliphatic carbocycles. The maximum atomic E-state index is 12.0. The molecule has 2 aromatic rings. The predicted octanol–water partition coefficient (Wildman–Crippen LogP) is 3.41. The van der Waals surface area contributed by atoms with Gasteiger partial charge in [-0.2, -0.15) is 0 Å². The highest BCUT2D eigenvalue weighted by atomic mass is 16.6. The quantitative estimate of drug-likeness (QED) is 0.644. The van der Waals surface area contributed by atoms with Crippen molar-refractivity contribution in [1.29, 1.82) is 0 Å². The van der Waals surface area contributed by atoms with Gasteiger partial charge in [0, 0.05) is 11.1 Å². The average molecular weight is 350 g/mol. The molecule has 2 rings (SSSR count). The fraction of sp³-hybridized carbons (Fsp3) is 0.238. The van der Waals surface area contributed by atoms with Gasteiger partial charge in [0.1, 0.15) is 0 Å². The number of hydrogen-bond acceptors (Lipinski definition) is 3. The maximum absolute atomic E-state index is 12.0. The standard InChI is InChI=1S/C21H22N2O3/c1-21(2,3)18-13-11-17(12-14-18)19(24)22-23-20(25)26-15-7-10-16-8-5-4-6-9-16/h4-6,8-9,11-14H,15H2,1-3H3,(H,22,24)(H,23,25). The van der Waals surface area contributed by atoms with Crippen LogP contribution in [-0.4, -0.2) is 18.6 Å². The molecule has 26 heavy (non-hydrogen) atoms. The lowest BCUT2D eigenvalue weighted by atomic mass is 9.87. The van der Waals surface area contributed by atoms with E-state index >= 15 is 0 Å². The lowest BCUT2D eigenvalue weighted by Gasteiger charge is -2.19. The summed E-state index contributed by atoms with van der Waals surface area (Å²) < 4.78 is 4.88. The minimum absolute atomic E-state index is 0.0118. The number of carbonyl (C=O) groups excluding carboxylic acids is 2. The molecule has 0 unspecified atom stereocenters. The second-order valence-electron chi connectivity index (χ2n) is 6.65. The van der Waals surface area contributed by atoms with E-state index in [4.69, 9.17) is 4.74 Å². The van der Waals surface area contributed by atoms with E-state index in [-0.39, 0.29) is 12.0 Å². The van der Waals surface area contributed by atoms with Crippen LogP contribution in [0.25, 0.3) is 0 Å². The number of amides is 2. The van der Waals surface area contributed by atoms with Gasteiger partial charge in [-0.15, -0.1) is 0 Å². The molecule has 0 aliphatic heterocycles. The molecule has 5 heteroatoms. The Balaban J connectivity index is 1.76. The van der Waals surface area contributed by atoms with Crippen molar-refractivity contribution in [3.63, 3.8) is 0 Å². The lowest BCUT2D eigenvalue weighted by Crippen LogP contribution is -2.42. The molecule has 0 aromatic heterocycles. The summed E-state index contributed by atoms with van der Waals surface area (Å²) in [4.78, 5) is 23.6. The van der Waals surface area contributed by atoms with Crippen molar-refractivity contribution in [2.75, 3.05) is 6.61 Å². The Morgan fingerprint density at radius 2 is 1.62 bits per heavy atom. The minimum Gasteiger partial charge on any atom is -0.435 e. The fourth-order valence-electron chi connectivity index (χ4n) is 2.10. The number of hydrogen-bond donors (Lipinski definition) is 2. The summed E-state index contributed by atoms with van der Waals surface area (Å²) in [5.74, 6) is 5.17. The summed E-state index contributed by atoms with van der Waals surface area (Å²) in [5.41, 5.74) is 6.92. The van der Waals surface area contributed by atoms with Crippen molar-refractivity contribution in [2.24, 2.45) is 0 Å². The van der Waals surface area contributed by atoms with Crippen LogP contribution in [0.3, 0.4) is 0 Å². The highest BCUT2D eigenvalue weighted by Gasteiger charge is 2.14. The molecule has 0 fully saturated rings. The van der Waals surface area contributed by atoms with Crippen LogP contribution in [0.4, 0.5) is 4.79 Å². The molecule has 2 aromatic carbocycles. The number of nitrogens with one attached hydrogen (secondary N) is 2. The van der Waals surface area contributed by atoms with E-state index in [2.05, 4.69) is 43.5 Å². The summed E-state index contributed by atoms with van der Waals surface area (Å²) in [6.07, 6.45) is -0.771. The predicted molar refractivity (Wildman–Crippen MR) is 100 cm³/mol. The number of carbonyl (C=O) groups is 2. The third-order valence-electron chi connectivity index (χ3n) is 3.57. The van der Waals surface area contributed by atoms with Crippen LogP contribution >= 0.6 is 0 Å². The van der Waals surface area contributed by atoms with Gasteiger partial charge in [-0.05, 0) is 35.2 Å². The zero-order chi connectivity index (χ0) is 19.0. The second kappa shape index (κ2) is 8.72. The van der Waals surface area contributed by atoms with Gasteiger partial charge in [0.05, 0.1) is 0 Å². The van der Waals surface area contributed by atoms with Gasteiger partial charge in [0.25, 0.3) is 5.91 Å². The molecule has 0 heterocycles. The van der Waals surface area contributed by atoms with Crippen molar-refractivity contribution >= 4 is 12.0 Å². The smallest absolute Gasteiger partial charge is 0.427 e. The van der Waals surface area contributed by atoms with E-state index in [1.165, 1.54) is 0 Å². The van der Waals surface area contributed by atoms with Crippen LogP contribution in [0.1, 0.15) is 42.3 Å². The van der Waals surface area contributed by atoms with Crippen LogP contribution < -0.4 is 10.9 Å². The van der Waals surface area contributed by atoms with Crippen molar-refractivity contribution in [3.05, 3.63) is 71.3 Å². The van der Waals surface area contributed by atoms with Gasteiger partial charge in [-0.3, -0.25) is 10.2 Å². The molecule has 0 saturated carbocycles. The zero-order valence-corrected chi connectivity index (χ0v) is 15.1. The van der Waals surface area contributed by atoms with Crippen LogP contribution in [0.15, 0.2) is 54.6 Å². The largest absolute Gasteiger partial charge is 0.435 e. The highest BCUT2D eigenvalue weighted by molar-refractivity contribution is 5.94. The first-order chi connectivity index (χ1) is 12.4. The number of benzene rings is 2. The molecule has 134 valence electrons. The first-order valence-corrected chi connectivity index (χ1v) is 8.24. The molecule has 0 spiro atoms. The Labute approximate surface area is 153 Å². The molecule has 5 nitrogen and oxygen atoms in total. The minimum atomic E-state index is -0.771. The fourth-order valence-corrected chi connectivity index (χ4v) is 2.10. The van der Waals surface area contributed by atoms with E-state index in [1.54, 1.807) is 12.1 Å². The first kappa shape index (κ1) is 19.1. The zero-order valence-electron chi connectivity index (χ0n) is 15.1. The van der Waals surface area contributed by atoms with Crippen molar-refractivity contribution in [2.45, 2.75) is 26.2 Å². The second-order valence-corrected chi connectivity index (χ2v) is 6.65. The van der Waals surface area contributed by atoms with Crippen LogP contribution in [0.5, 0.6) is 0 Å². The van der Waals surface area contributed by atoms with Crippen molar-refractivity contribution in [1.82, 2.24) is 10.9 Å². The first-order valence-electron chi connectivity index (χ1n) is 8.24. The van der Waals surface area contributed by atoms with E-state index in [9.17, 15) is 9.59 Å². The summed E-state index contributed by atoms with van der Waals surface area (Å²) >= 11 is 0. The molecule has 0 atom stereocenters. The Morgan fingerprint density at radius 3 is 2.23 bits per heavy atom. The topological polar surface area (TPSA) is 67.4 Å². The molecular weight excluding hydrogens is 328 g/mol.